The molecule has 0 radical (unpaired) electrons. The van der Waals surface area contributed by atoms with Crippen LogP contribution in [-0.4, -0.2) is 36.9 Å². The molecule has 1 saturated heterocycles. The number of rotatable bonds is 4. The van der Waals surface area contributed by atoms with Gasteiger partial charge < -0.3 is 5.11 Å². The van der Waals surface area contributed by atoms with Gasteiger partial charge in [0.15, 0.2) is 0 Å². The van der Waals surface area contributed by atoms with Gasteiger partial charge in [-0.05, 0) is 59.3 Å². The Morgan fingerprint density at radius 1 is 1.48 bits per heavy atom. The first-order chi connectivity index (χ1) is 9.80. The number of hydrogen-bond acceptors (Lipinski definition) is 3. The number of sulfonamides is 1. The molecule has 2 rings (SSSR count). The van der Waals surface area contributed by atoms with Crippen molar-refractivity contribution in [2.75, 3.05) is 13.1 Å². The summed E-state index contributed by atoms with van der Waals surface area (Å²) in [6.07, 6.45) is 1.47. The molecule has 1 aromatic rings. The molecule has 1 heterocycles. The Balaban J connectivity index is 2.26. The number of nitrogens with zero attached hydrogens (tertiary/aromatic N) is 1. The van der Waals surface area contributed by atoms with E-state index >= 15 is 0 Å². The van der Waals surface area contributed by atoms with Crippen molar-refractivity contribution in [2.45, 2.75) is 31.1 Å². The Morgan fingerprint density at radius 3 is 2.86 bits per heavy atom. The quantitative estimate of drug-likeness (QED) is 0.877. The zero-order valence-corrected chi connectivity index (χ0v) is 14.2. The summed E-state index contributed by atoms with van der Waals surface area (Å²) in [7, 11) is -3.59. The van der Waals surface area contributed by atoms with Gasteiger partial charge in [0.25, 0.3) is 0 Å². The van der Waals surface area contributed by atoms with E-state index in [1.807, 2.05) is 13.0 Å². The lowest BCUT2D eigenvalue weighted by molar-refractivity contribution is -0.138. The summed E-state index contributed by atoms with van der Waals surface area (Å²) in [5.41, 5.74) is 0.871. The molecule has 21 heavy (non-hydrogen) atoms. The summed E-state index contributed by atoms with van der Waals surface area (Å²) in [5.74, 6) is -0.995. The van der Waals surface area contributed by atoms with E-state index in [1.54, 1.807) is 12.1 Å². The number of aryl methyl sites for hydroxylation is 1. The molecule has 5 nitrogen and oxygen atoms in total. The Labute approximate surface area is 133 Å². The van der Waals surface area contributed by atoms with Crippen LogP contribution >= 0.6 is 15.9 Å². The molecule has 1 aromatic carbocycles. The van der Waals surface area contributed by atoms with Gasteiger partial charge in [-0.2, -0.15) is 4.31 Å². The van der Waals surface area contributed by atoms with Gasteiger partial charge in [-0.15, -0.1) is 0 Å². The number of hydrogen-bond donors (Lipinski definition) is 1. The molecule has 1 N–H and O–H groups in total. The van der Waals surface area contributed by atoms with E-state index in [0.717, 1.165) is 12.0 Å². The molecule has 7 heteroatoms. The molecule has 0 aliphatic carbocycles. The van der Waals surface area contributed by atoms with Crippen molar-refractivity contribution in [3.8, 4) is 0 Å². The van der Waals surface area contributed by atoms with Crippen molar-refractivity contribution in [3.05, 3.63) is 28.2 Å². The number of benzene rings is 1. The maximum atomic E-state index is 12.7. The normalized spacial score (nSPS) is 20.4. The third kappa shape index (κ3) is 3.84. The van der Waals surface area contributed by atoms with Crippen LogP contribution < -0.4 is 0 Å². The fraction of sp³-hybridized carbons (Fsp3) is 0.500. The molecular weight excluding hydrogens is 358 g/mol. The standard InChI is InChI=1S/C14H18BrNO4S/c1-10-4-5-12(15)13(7-10)21(19,20)16-6-2-3-11(9-16)8-14(17)18/h4-5,7,11H,2-3,6,8-9H2,1H3,(H,17,18). The fourth-order valence-corrected chi connectivity index (χ4v) is 5.17. The van der Waals surface area contributed by atoms with Gasteiger partial charge in [-0.25, -0.2) is 8.42 Å². The predicted octanol–water partition coefficient (Wildman–Crippen LogP) is 2.63. The monoisotopic (exact) mass is 375 g/mol. The van der Waals surface area contributed by atoms with E-state index in [9.17, 15) is 13.2 Å². The van der Waals surface area contributed by atoms with Crippen LogP contribution in [0.2, 0.25) is 0 Å². The first-order valence-electron chi connectivity index (χ1n) is 6.79. The highest BCUT2D eigenvalue weighted by molar-refractivity contribution is 9.10. The van der Waals surface area contributed by atoms with Crippen LogP contribution in [-0.2, 0) is 14.8 Å². The molecule has 1 aliphatic heterocycles. The van der Waals surface area contributed by atoms with Crippen LogP contribution in [0.25, 0.3) is 0 Å². The third-order valence-corrected chi connectivity index (χ3v) is 6.51. The highest BCUT2D eigenvalue weighted by Gasteiger charge is 2.32. The van der Waals surface area contributed by atoms with E-state index < -0.39 is 16.0 Å². The number of carboxylic acid groups (broad SMARTS) is 1. The van der Waals surface area contributed by atoms with Crippen molar-refractivity contribution < 1.29 is 18.3 Å². The minimum atomic E-state index is -3.59. The predicted molar refractivity (Wildman–Crippen MR) is 82.6 cm³/mol. The summed E-state index contributed by atoms with van der Waals surface area (Å²) in [6.45, 7) is 2.56. The lowest BCUT2D eigenvalue weighted by Gasteiger charge is -2.31. The lowest BCUT2D eigenvalue weighted by atomic mass is 9.96. The molecular formula is C14H18BrNO4S. The zero-order valence-electron chi connectivity index (χ0n) is 11.8. The lowest BCUT2D eigenvalue weighted by Crippen LogP contribution is -2.40. The average Bonchev–Trinajstić information content (AvgIpc) is 2.41. The van der Waals surface area contributed by atoms with E-state index in [2.05, 4.69) is 15.9 Å². The SMILES string of the molecule is Cc1ccc(Br)c(S(=O)(=O)N2CCCC(CC(=O)O)C2)c1. The maximum Gasteiger partial charge on any atom is 0.303 e. The Hall–Kier alpha value is -0.920. The summed E-state index contributed by atoms with van der Waals surface area (Å²) in [5, 5.41) is 8.88. The number of piperidine rings is 1. The molecule has 116 valence electrons. The zero-order chi connectivity index (χ0) is 15.6. The van der Waals surface area contributed by atoms with Crippen molar-refractivity contribution in [2.24, 2.45) is 5.92 Å². The average molecular weight is 376 g/mol. The number of carbonyl (C=O) groups is 1. The molecule has 0 saturated carbocycles. The van der Waals surface area contributed by atoms with Crippen LogP contribution in [0, 0.1) is 12.8 Å². The minimum absolute atomic E-state index is 0.0149. The molecule has 0 spiro atoms. The second-order valence-electron chi connectivity index (χ2n) is 5.40. The molecule has 1 fully saturated rings. The van der Waals surface area contributed by atoms with E-state index in [-0.39, 0.29) is 23.8 Å². The smallest absolute Gasteiger partial charge is 0.303 e. The minimum Gasteiger partial charge on any atom is -0.481 e. The van der Waals surface area contributed by atoms with Gasteiger partial charge >= 0.3 is 5.97 Å². The largest absolute Gasteiger partial charge is 0.481 e. The molecule has 0 amide bonds. The molecule has 1 atom stereocenters. The van der Waals surface area contributed by atoms with Crippen LogP contribution in [0.5, 0.6) is 0 Å². The van der Waals surface area contributed by atoms with Crippen LogP contribution in [0.1, 0.15) is 24.8 Å². The van der Waals surface area contributed by atoms with E-state index in [4.69, 9.17) is 5.11 Å². The Morgan fingerprint density at radius 2 is 2.19 bits per heavy atom. The summed E-state index contributed by atoms with van der Waals surface area (Å²) in [6, 6.07) is 5.20. The van der Waals surface area contributed by atoms with Crippen molar-refractivity contribution in [1.29, 1.82) is 0 Å². The van der Waals surface area contributed by atoms with Crippen LogP contribution in [0.3, 0.4) is 0 Å². The first-order valence-corrected chi connectivity index (χ1v) is 9.02. The van der Waals surface area contributed by atoms with Crippen LogP contribution in [0.4, 0.5) is 0 Å². The highest BCUT2D eigenvalue weighted by atomic mass is 79.9. The summed E-state index contributed by atoms with van der Waals surface area (Å²) in [4.78, 5) is 11.1. The highest BCUT2D eigenvalue weighted by Crippen LogP contribution is 2.30. The van der Waals surface area contributed by atoms with E-state index in [1.165, 1.54) is 4.31 Å². The maximum absolute atomic E-state index is 12.7. The summed E-state index contributed by atoms with van der Waals surface area (Å²) >= 11 is 3.29. The second kappa shape index (κ2) is 6.46. The summed E-state index contributed by atoms with van der Waals surface area (Å²) < 4.78 is 27.4. The number of halogens is 1. The second-order valence-corrected chi connectivity index (χ2v) is 8.16. The molecule has 0 aromatic heterocycles. The van der Waals surface area contributed by atoms with Gasteiger partial charge in [0.05, 0.1) is 4.90 Å². The topological polar surface area (TPSA) is 74.7 Å². The van der Waals surface area contributed by atoms with Gasteiger partial charge in [-0.1, -0.05) is 6.07 Å². The van der Waals surface area contributed by atoms with Crippen molar-refractivity contribution >= 4 is 31.9 Å². The fourth-order valence-electron chi connectivity index (χ4n) is 2.61. The third-order valence-electron chi connectivity index (χ3n) is 3.65. The number of aliphatic carboxylic acids is 1. The van der Waals surface area contributed by atoms with Gasteiger partial charge in [-0.3, -0.25) is 4.79 Å². The molecule has 1 unspecified atom stereocenters. The van der Waals surface area contributed by atoms with E-state index in [0.29, 0.717) is 17.4 Å². The van der Waals surface area contributed by atoms with Gasteiger partial charge in [0.1, 0.15) is 0 Å². The van der Waals surface area contributed by atoms with Gasteiger partial charge in [0.2, 0.25) is 10.0 Å². The number of carboxylic acids is 1. The van der Waals surface area contributed by atoms with Crippen LogP contribution in [0.15, 0.2) is 27.6 Å². The first kappa shape index (κ1) is 16.5. The Kier molecular flexibility index (Phi) is 5.06. The van der Waals surface area contributed by atoms with Crippen molar-refractivity contribution in [3.63, 3.8) is 0 Å². The van der Waals surface area contributed by atoms with Gasteiger partial charge in [0, 0.05) is 24.0 Å². The molecule has 1 aliphatic rings. The van der Waals surface area contributed by atoms with Crippen molar-refractivity contribution in [1.82, 2.24) is 4.31 Å². The molecule has 0 bridgehead atoms. The Bertz CT molecular complexity index is 644.